The SMILES string of the molecule is CCNC[C@H]1O[C@H](OC2[C@@H](N)C[C@@H](NC(CO)CO)[C@H](O[C@H]3O[C@H](CO)[C@@H](O)[C@H](N)[C@H]3O)[C@H]2O)[C@H](N)C[C@@H]1O. The second-order valence-electron chi connectivity index (χ2n) is 10.5. The average Bonchev–Trinajstić information content (AvgIpc) is 2.91. The predicted octanol–water partition coefficient (Wildman–Crippen LogP) is -6.66. The predicted molar refractivity (Wildman–Crippen MR) is 135 cm³/mol. The molecule has 3 aliphatic rings. The van der Waals surface area contributed by atoms with Gasteiger partial charge in [-0.05, 0) is 19.4 Å². The Hall–Kier alpha value is -0.640. The third-order valence-electron chi connectivity index (χ3n) is 7.63. The van der Waals surface area contributed by atoms with Crippen LogP contribution >= 0.6 is 0 Å². The highest BCUT2D eigenvalue weighted by Crippen LogP contribution is 2.31. The van der Waals surface area contributed by atoms with Gasteiger partial charge in [0.25, 0.3) is 0 Å². The highest BCUT2D eigenvalue weighted by Gasteiger charge is 2.51. The van der Waals surface area contributed by atoms with Gasteiger partial charge in [-0.2, -0.15) is 0 Å². The van der Waals surface area contributed by atoms with Gasteiger partial charge in [0.05, 0.1) is 50.2 Å². The van der Waals surface area contributed by atoms with Crippen LogP contribution in [0.2, 0.25) is 0 Å². The second kappa shape index (κ2) is 15.0. The third kappa shape index (κ3) is 7.81. The zero-order chi connectivity index (χ0) is 28.9. The molecule has 0 spiro atoms. The summed E-state index contributed by atoms with van der Waals surface area (Å²) in [6.45, 7) is 1.51. The average molecular weight is 570 g/mol. The first-order valence-corrected chi connectivity index (χ1v) is 13.5. The van der Waals surface area contributed by atoms with Crippen LogP contribution in [0.15, 0.2) is 0 Å². The Morgan fingerprint density at radius 2 is 1.46 bits per heavy atom. The molecule has 16 heteroatoms. The maximum absolute atomic E-state index is 11.4. The molecular formula is C23H47N5O11. The summed E-state index contributed by atoms with van der Waals surface area (Å²) in [7, 11) is 0. The minimum atomic E-state index is -1.51. The van der Waals surface area contributed by atoms with E-state index in [-0.39, 0.29) is 12.8 Å². The Balaban J connectivity index is 1.80. The van der Waals surface area contributed by atoms with Crippen LogP contribution in [0.1, 0.15) is 19.8 Å². The minimum absolute atomic E-state index is 0.134. The fraction of sp³-hybridized carbons (Fsp3) is 1.00. The smallest absolute Gasteiger partial charge is 0.186 e. The summed E-state index contributed by atoms with van der Waals surface area (Å²) >= 11 is 0. The van der Waals surface area contributed by atoms with Gasteiger partial charge in [0.15, 0.2) is 12.6 Å². The Morgan fingerprint density at radius 1 is 0.821 bits per heavy atom. The van der Waals surface area contributed by atoms with Gasteiger partial charge in [0, 0.05) is 18.6 Å². The molecule has 0 radical (unpaired) electrons. The summed E-state index contributed by atoms with van der Waals surface area (Å²) in [6, 6.07) is -4.23. The molecule has 0 bridgehead atoms. The van der Waals surface area contributed by atoms with Crippen molar-refractivity contribution in [2.75, 3.05) is 32.9 Å². The van der Waals surface area contributed by atoms with Crippen LogP contribution in [-0.4, -0.2) is 160 Å². The van der Waals surface area contributed by atoms with Crippen LogP contribution in [0, 0.1) is 0 Å². The van der Waals surface area contributed by atoms with Gasteiger partial charge in [-0.25, -0.2) is 0 Å². The van der Waals surface area contributed by atoms with Crippen molar-refractivity contribution < 1.29 is 54.7 Å². The molecule has 2 heterocycles. The van der Waals surface area contributed by atoms with E-state index < -0.39 is 111 Å². The normalized spacial score (nSPS) is 45.5. The van der Waals surface area contributed by atoms with Crippen LogP contribution < -0.4 is 27.8 Å². The maximum atomic E-state index is 11.4. The van der Waals surface area contributed by atoms with Gasteiger partial charge in [0.2, 0.25) is 0 Å². The van der Waals surface area contributed by atoms with Gasteiger partial charge in [-0.15, -0.1) is 0 Å². The number of likely N-dealkylation sites (N-methyl/N-ethyl adjacent to an activating group) is 1. The summed E-state index contributed by atoms with van der Waals surface area (Å²) in [5, 5.41) is 77.5. The summed E-state index contributed by atoms with van der Waals surface area (Å²) < 4.78 is 23.5. The number of hydrogen-bond acceptors (Lipinski definition) is 16. The standard InChI is InChI=1S/C23H47N5O11/c1-2-27-5-14-13(32)4-11(25)22(36-14)38-20-10(24)3-12(28-9(6-29)7-30)21(19(20)35)39-23-18(34)16(26)17(33)15(8-31)37-23/h9-23,27-35H,2-8,24-26H2,1H3/t10-,11+,12+,13-,14+,15+,16-,17+,18+,19-,20?,21-,22+,23+/m0/s1. The molecule has 1 unspecified atom stereocenters. The van der Waals surface area contributed by atoms with E-state index in [1.54, 1.807) is 0 Å². The third-order valence-corrected chi connectivity index (χ3v) is 7.63. The molecule has 0 amide bonds. The molecule has 3 fully saturated rings. The number of aliphatic hydroxyl groups is 7. The van der Waals surface area contributed by atoms with Crippen molar-refractivity contribution in [3.63, 3.8) is 0 Å². The topological polar surface area (TPSA) is 281 Å². The van der Waals surface area contributed by atoms with Gasteiger partial charge in [-0.3, -0.25) is 0 Å². The first-order chi connectivity index (χ1) is 18.6. The molecule has 0 aromatic rings. The van der Waals surface area contributed by atoms with E-state index in [4.69, 9.17) is 36.1 Å². The van der Waals surface area contributed by atoms with Crippen molar-refractivity contribution in [2.45, 2.75) is 111 Å². The molecular weight excluding hydrogens is 522 g/mol. The van der Waals surface area contributed by atoms with E-state index in [2.05, 4.69) is 10.6 Å². The van der Waals surface area contributed by atoms with Crippen LogP contribution in [0.3, 0.4) is 0 Å². The Labute approximate surface area is 227 Å². The number of nitrogens with two attached hydrogens (primary N) is 3. The fourth-order valence-corrected chi connectivity index (χ4v) is 5.27. The Bertz CT molecular complexity index is 726. The van der Waals surface area contributed by atoms with Crippen molar-refractivity contribution in [2.24, 2.45) is 17.2 Å². The summed E-state index contributed by atoms with van der Waals surface area (Å²) in [5.74, 6) is 0. The number of ether oxygens (including phenoxy) is 4. The number of aliphatic hydroxyl groups excluding tert-OH is 7. The first-order valence-electron chi connectivity index (χ1n) is 13.5. The lowest BCUT2D eigenvalue weighted by molar-refractivity contribution is -0.316. The second-order valence-corrected chi connectivity index (χ2v) is 10.5. The van der Waals surface area contributed by atoms with Crippen LogP contribution in [0.25, 0.3) is 0 Å². The minimum Gasteiger partial charge on any atom is -0.395 e. The van der Waals surface area contributed by atoms with Crippen LogP contribution in [0.4, 0.5) is 0 Å². The lowest BCUT2D eigenvalue weighted by atomic mass is 9.83. The number of hydrogen-bond donors (Lipinski definition) is 12. The maximum Gasteiger partial charge on any atom is 0.186 e. The van der Waals surface area contributed by atoms with E-state index in [1.807, 2.05) is 6.92 Å². The summed E-state index contributed by atoms with van der Waals surface area (Å²) in [5.41, 5.74) is 18.5. The highest BCUT2D eigenvalue weighted by molar-refractivity contribution is 5.03. The molecule has 1 saturated carbocycles. The monoisotopic (exact) mass is 569 g/mol. The van der Waals surface area contributed by atoms with E-state index in [9.17, 15) is 35.7 Å². The first kappa shape index (κ1) is 32.9. The molecule has 2 saturated heterocycles. The van der Waals surface area contributed by atoms with E-state index in [1.165, 1.54) is 0 Å². The molecule has 16 nitrogen and oxygen atoms in total. The van der Waals surface area contributed by atoms with Crippen LogP contribution in [-0.2, 0) is 18.9 Å². The Kier molecular flexibility index (Phi) is 12.7. The van der Waals surface area contributed by atoms with Crippen molar-refractivity contribution in [3.05, 3.63) is 0 Å². The van der Waals surface area contributed by atoms with Crippen molar-refractivity contribution in [1.29, 1.82) is 0 Å². The van der Waals surface area contributed by atoms with Crippen molar-refractivity contribution in [3.8, 4) is 0 Å². The van der Waals surface area contributed by atoms with Gasteiger partial charge < -0.3 is 82.5 Å². The number of rotatable bonds is 12. The Morgan fingerprint density at radius 3 is 2.08 bits per heavy atom. The molecule has 3 rings (SSSR count). The zero-order valence-electron chi connectivity index (χ0n) is 22.1. The van der Waals surface area contributed by atoms with Gasteiger partial charge >= 0.3 is 0 Å². The van der Waals surface area contributed by atoms with Gasteiger partial charge in [-0.1, -0.05) is 6.92 Å². The molecule has 0 aromatic carbocycles. The van der Waals surface area contributed by atoms with Crippen LogP contribution in [0.5, 0.6) is 0 Å². The van der Waals surface area contributed by atoms with Crippen molar-refractivity contribution >= 4 is 0 Å². The van der Waals surface area contributed by atoms with Crippen molar-refractivity contribution in [1.82, 2.24) is 10.6 Å². The molecule has 39 heavy (non-hydrogen) atoms. The highest BCUT2D eigenvalue weighted by atomic mass is 16.7. The largest absolute Gasteiger partial charge is 0.395 e. The molecule has 2 aliphatic heterocycles. The lowest BCUT2D eigenvalue weighted by Gasteiger charge is -2.49. The fourth-order valence-electron chi connectivity index (χ4n) is 5.27. The molecule has 14 atom stereocenters. The quantitative estimate of drug-likeness (QED) is 0.104. The molecule has 1 aliphatic carbocycles. The molecule has 0 aromatic heterocycles. The van der Waals surface area contributed by atoms with E-state index >= 15 is 0 Å². The summed E-state index contributed by atoms with van der Waals surface area (Å²) in [4.78, 5) is 0. The van der Waals surface area contributed by atoms with E-state index in [0.717, 1.165) is 0 Å². The molecule has 15 N–H and O–H groups in total. The lowest BCUT2D eigenvalue weighted by Crippen LogP contribution is -2.69. The summed E-state index contributed by atoms with van der Waals surface area (Å²) in [6.07, 6.45) is -11.3. The van der Waals surface area contributed by atoms with E-state index in [0.29, 0.717) is 13.1 Å². The van der Waals surface area contributed by atoms with Gasteiger partial charge in [0.1, 0.15) is 36.6 Å². The number of nitrogens with one attached hydrogen (secondary N) is 2. The molecule has 230 valence electrons. The zero-order valence-corrected chi connectivity index (χ0v) is 22.1.